The van der Waals surface area contributed by atoms with Crippen molar-refractivity contribution in [2.45, 2.75) is 6.42 Å². The number of carboxylic acids is 1. The fourth-order valence-corrected chi connectivity index (χ4v) is 2.23. The fourth-order valence-electron chi connectivity index (χ4n) is 2.23. The van der Waals surface area contributed by atoms with Gasteiger partial charge in [-0.05, 0) is 30.2 Å². The molecular formula is C15H18ClFN2O4. The summed E-state index contributed by atoms with van der Waals surface area (Å²) in [5, 5.41) is 8.78. The highest BCUT2D eigenvalue weighted by molar-refractivity contribution is 5.98. The number of carbonyl (C=O) groups is 2. The Kier molecular flexibility index (Phi) is 6.99. The molecule has 0 aromatic heterocycles. The Morgan fingerprint density at radius 2 is 2.22 bits per heavy atom. The SMILES string of the molecule is Cl.NC/C(=C\F)COc1ccc2c(c1)CCN(CC(=O)O)C2=O. The second-order valence-electron chi connectivity index (χ2n) is 4.95. The molecule has 2 rings (SSSR count). The number of halogens is 2. The van der Waals surface area contributed by atoms with E-state index in [2.05, 4.69) is 0 Å². The second-order valence-corrected chi connectivity index (χ2v) is 4.95. The number of hydrogen-bond donors (Lipinski definition) is 2. The molecule has 0 spiro atoms. The van der Waals surface area contributed by atoms with Crippen molar-refractivity contribution in [2.75, 3.05) is 26.2 Å². The number of carbonyl (C=O) groups excluding carboxylic acids is 1. The molecule has 1 amide bonds. The first-order chi connectivity index (χ1) is 10.5. The standard InChI is InChI=1S/C15H17FN2O4.ClH/c16-6-10(7-17)9-22-12-1-2-13-11(5-12)3-4-18(15(13)21)8-14(19)20;/h1-2,5-6H,3-4,7-9,17H2,(H,19,20);1H/b10-6+;. The molecule has 3 N–H and O–H groups in total. The lowest BCUT2D eigenvalue weighted by molar-refractivity contribution is -0.137. The Hall–Kier alpha value is -2.12. The van der Waals surface area contributed by atoms with E-state index >= 15 is 0 Å². The zero-order chi connectivity index (χ0) is 16.1. The average molecular weight is 345 g/mol. The van der Waals surface area contributed by atoms with Crippen LogP contribution >= 0.6 is 12.4 Å². The molecule has 0 unspecified atom stereocenters. The van der Waals surface area contributed by atoms with Crippen molar-refractivity contribution in [2.24, 2.45) is 5.73 Å². The van der Waals surface area contributed by atoms with E-state index in [4.69, 9.17) is 15.6 Å². The van der Waals surface area contributed by atoms with Crippen LogP contribution in [0.25, 0.3) is 0 Å². The molecule has 23 heavy (non-hydrogen) atoms. The van der Waals surface area contributed by atoms with Crippen molar-refractivity contribution in [1.29, 1.82) is 0 Å². The number of fused-ring (bicyclic) bond motifs is 1. The summed E-state index contributed by atoms with van der Waals surface area (Å²) in [5.41, 5.74) is 6.95. The first-order valence-electron chi connectivity index (χ1n) is 6.80. The van der Waals surface area contributed by atoms with Crippen molar-refractivity contribution >= 4 is 24.3 Å². The molecule has 1 aliphatic rings. The van der Waals surface area contributed by atoms with Gasteiger partial charge in [0.25, 0.3) is 5.91 Å². The van der Waals surface area contributed by atoms with E-state index in [-0.39, 0.29) is 38.0 Å². The number of carboxylic acid groups (broad SMARTS) is 1. The minimum Gasteiger partial charge on any atom is -0.489 e. The maximum Gasteiger partial charge on any atom is 0.323 e. The third-order valence-corrected chi connectivity index (χ3v) is 3.41. The lowest BCUT2D eigenvalue weighted by atomic mass is 9.98. The molecule has 1 aliphatic heterocycles. The van der Waals surface area contributed by atoms with Gasteiger partial charge in [0.1, 0.15) is 18.9 Å². The van der Waals surface area contributed by atoms with Gasteiger partial charge < -0.3 is 20.5 Å². The van der Waals surface area contributed by atoms with Crippen LogP contribution in [-0.4, -0.2) is 48.1 Å². The van der Waals surface area contributed by atoms with Crippen molar-refractivity contribution in [1.82, 2.24) is 4.90 Å². The quantitative estimate of drug-likeness (QED) is 0.813. The summed E-state index contributed by atoms with van der Waals surface area (Å²) in [7, 11) is 0. The lowest BCUT2D eigenvalue weighted by Gasteiger charge is -2.27. The Morgan fingerprint density at radius 3 is 2.83 bits per heavy atom. The van der Waals surface area contributed by atoms with Crippen molar-refractivity contribution in [3.63, 3.8) is 0 Å². The molecule has 8 heteroatoms. The monoisotopic (exact) mass is 344 g/mol. The van der Waals surface area contributed by atoms with Crippen molar-refractivity contribution in [3.05, 3.63) is 41.2 Å². The van der Waals surface area contributed by atoms with Crippen LogP contribution < -0.4 is 10.5 Å². The number of ether oxygens (including phenoxy) is 1. The number of nitrogens with two attached hydrogens (primary N) is 1. The smallest absolute Gasteiger partial charge is 0.323 e. The number of nitrogens with zero attached hydrogens (tertiary/aromatic N) is 1. The van der Waals surface area contributed by atoms with Gasteiger partial charge in [0, 0.05) is 24.2 Å². The molecule has 0 saturated carbocycles. The van der Waals surface area contributed by atoms with Gasteiger partial charge in [-0.25, -0.2) is 4.39 Å². The molecule has 1 aromatic carbocycles. The minimum atomic E-state index is -1.04. The summed E-state index contributed by atoms with van der Waals surface area (Å²) in [6.07, 6.45) is 0.972. The van der Waals surface area contributed by atoms with Gasteiger partial charge in [-0.3, -0.25) is 9.59 Å². The zero-order valence-corrected chi connectivity index (χ0v) is 13.1. The highest BCUT2D eigenvalue weighted by atomic mass is 35.5. The second kappa shape index (κ2) is 8.50. The van der Waals surface area contributed by atoms with Gasteiger partial charge in [0.2, 0.25) is 0 Å². The van der Waals surface area contributed by atoms with Crippen molar-refractivity contribution in [3.8, 4) is 5.75 Å². The molecular weight excluding hydrogens is 327 g/mol. The molecule has 1 heterocycles. The minimum absolute atomic E-state index is 0. The van der Waals surface area contributed by atoms with Crippen LogP contribution in [0, 0.1) is 0 Å². The molecule has 0 fully saturated rings. The third kappa shape index (κ3) is 4.67. The van der Waals surface area contributed by atoms with Crippen LogP contribution in [0.1, 0.15) is 15.9 Å². The van der Waals surface area contributed by atoms with E-state index in [0.717, 1.165) is 5.56 Å². The Morgan fingerprint density at radius 1 is 1.48 bits per heavy atom. The molecule has 1 aromatic rings. The zero-order valence-electron chi connectivity index (χ0n) is 12.3. The average Bonchev–Trinajstić information content (AvgIpc) is 2.51. The number of aliphatic carboxylic acids is 1. The molecule has 0 saturated heterocycles. The highest BCUT2D eigenvalue weighted by Gasteiger charge is 2.25. The maximum absolute atomic E-state index is 12.4. The number of hydrogen-bond acceptors (Lipinski definition) is 4. The van der Waals surface area contributed by atoms with Crippen LogP contribution in [0.15, 0.2) is 30.1 Å². The summed E-state index contributed by atoms with van der Waals surface area (Å²) in [4.78, 5) is 24.2. The van der Waals surface area contributed by atoms with Crippen LogP contribution in [-0.2, 0) is 11.2 Å². The predicted octanol–water partition coefficient (Wildman–Crippen LogP) is 1.38. The Balaban J connectivity index is 0.00000264. The van der Waals surface area contributed by atoms with Crippen LogP contribution in [0.2, 0.25) is 0 Å². The van der Waals surface area contributed by atoms with Gasteiger partial charge in [0.05, 0.1) is 6.33 Å². The third-order valence-electron chi connectivity index (χ3n) is 3.41. The lowest BCUT2D eigenvalue weighted by Crippen LogP contribution is -2.40. The van der Waals surface area contributed by atoms with Gasteiger partial charge in [-0.1, -0.05) is 0 Å². The summed E-state index contributed by atoms with van der Waals surface area (Å²) in [5.74, 6) is -0.823. The van der Waals surface area contributed by atoms with E-state index in [1.165, 1.54) is 4.90 Å². The fraction of sp³-hybridized carbons (Fsp3) is 0.333. The Labute approximate surface area is 139 Å². The van der Waals surface area contributed by atoms with Gasteiger partial charge in [-0.15, -0.1) is 12.4 Å². The van der Waals surface area contributed by atoms with Gasteiger partial charge in [-0.2, -0.15) is 0 Å². The largest absolute Gasteiger partial charge is 0.489 e. The maximum atomic E-state index is 12.4. The summed E-state index contributed by atoms with van der Waals surface area (Å²) in [6, 6.07) is 4.92. The summed E-state index contributed by atoms with van der Waals surface area (Å²) < 4.78 is 17.8. The normalized spacial score (nSPS) is 14.1. The van der Waals surface area contributed by atoms with Crippen LogP contribution in [0.3, 0.4) is 0 Å². The summed E-state index contributed by atoms with van der Waals surface area (Å²) in [6.45, 7) is 0.159. The number of amides is 1. The number of rotatable bonds is 6. The predicted molar refractivity (Wildman–Crippen MR) is 84.7 cm³/mol. The van der Waals surface area contributed by atoms with E-state index in [1.807, 2.05) is 0 Å². The van der Waals surface area contributed by atoms with Crippen LogP contribution in [0.5, 0.6) is 5.75 Å². The first-order valence-corrected chi connectivity index (χ1v) is 6.80. The van der Waals surface area contributed by atoms with E-state index in [9.17, 15) is 14.0 Å². The van der Waals surface area contributed by atoms with Gasteiger partial charge >= 0.3 is 5.97 Å². The molecule has 0 atom stereocenters. The summed E-state index contributed by atoms with van der Waals surface area (Å²) >= 11 is 0. The first kappa shape index (κ1) is 18.9. The molecule has 0 aliphatic carbocycles. The van der Waals surface area contributed by atoms with E-state index in [0.29, 0.717) is 36.2 Å². The van der Waals surface area contributed by atoms with Gasteiger partial charge in [0.15, 0.2) is 0 Å². The molecule has 0 bridgehead atoms. The Bertz CT molecular complexity index is 621. The van der Waals surface area contributed by atoms with E-state index in [1.54, 1.807) is 18.2 Å². The topological polar surface area (TPSA) is 92.9 Å². The van der Waals surface area contributed by atoms with Crippen molar-refractivity contribution < 1.29 is 23.8 Å². The van der Waals surface area contributed by atoms with Crippen LogP contribution in [0.4, 0.5) is 4.39 Å². The number of benzene rings is 1. The molecule has 0 radical (unpaired) electrons. The van der Waals surface area contributed by atoms with E-state index < -0.39 is 5.97 Å². The molecule has 126 valence electrons. The highest BCUT2D eigenvalue weighted by Crippen LogP contribution is 2.24. The molecule has 6 nitrogen and oxygen atoms in total.